The second-order valence-corrected chi connectivity index (χ2v) is 11.9. The number of anilines is 1. The van der Waals surface area contributed by atoms with E-state index in [0.717, 1.165) is 30.5 Å². The maximum absolute atomic E-state index is 13.6. The second kappa shape index (κ2) is 8.96. The number of benzene rings is 2. The Hall–Kier alpha value is -3.88. The van der Waals surface area contributed by atoms with E-state index in [1.54, 1.807) is 0 Å². The lowest BCUT2D eigenvalue weighted by molar-refractivity contribution is -0.137. The van der Waals surface area contributed by atoms with Gasteiger partial charge < -0.3 is 0 Å². The lowest BCUT2D eigenvalue weighted by atomic mass is 9.94. The van der Waals surface area contributed by atoms with Gasteiger partial charge in [0.25, 0.3) is 0 Å². The summed E-state index contributed by atoms with van der Waals surface area (Å²) in [6.07, 6.45) is -3.05. The van der Waals surface area contributed by atoms with Crippen LogP contribution in [0.5, 0.6) is 0 Å². The summed E-state index contributed by atoms with van der Waals surface area (Å²) in [5.41, 5.74) is -2.06. The lowest BCUT2D eigenvalue weighted by Crippen LogP contribution is -2.51. The van der Waals surface area contributed by atoms with Crippen LogP contribution in [0.4, 0.5) is 23.7 Å². The smallest absolute Gasteiger partial charge is 0.265 e. The van der Waals surface area contributed by atoms with Crippen LogP contribution in [0, 0.1) is 27.4 Å². The number of carbonyl (C=O) groups excluding carboxylic acids is 1. The average Bonchev–Trinajstić information content (AvgIpc) is 2.76. The number of carbonyl (C=O) groups is 1. The third-order valence-electron chi connectivity index (χ3n) is 5.38. The van der Waals surface area contributed by atoms with Crippen molar-refractivity contribution in [2.24, 2.45) is 0 Å². The van der Waals surface area contributed by atoms with E-state index in [4.69, 9.17) is 4.78 Å². The maximum Gasteiger partial charge on any atom is 0.416 e. The Balaban J connectivity index is 2.40. The third kappa shape index (κ3) is 4.78. The van der Waals surface area contributed by atoms with Crippen LogP contribution >= 0.6 is 0 Å². The zero-order valence-corrected chi connectivity index (χ0v) is 20.6. The summed E-state index contributed by atoms with van der Waals surface area (Å²) in [5, 5.41) is 19.2. The van der Waals surface area contributed by atoms with Gasteiger partial charge in [0.1, 0.15) is 6.04 Å². The van der Waals surface area contributed by atoms with Crippen LogP contribution in [0.1, 0.15) is 29.7 Å². The van der Waals surface area contributed by atoms with Gasteiger partial charge in [0.2, 0.25) is 10.0 Å². The normalized spacial score (nSPS) is 18.4. The van der Waals surface area contributed by atoms with Crippen molar-refractivity contribution in [1.82, 2.24) is 4.31 Å². The summed E-state index contributed by atoms with van der Waals surface area (Å²) in [6.45, 7) is 1.26. The Kier molecular flexibility index (Phi) is 6.65. The summed E-state index contributed by atoms with van der Waals surface area (Å²) < 4.78 is 86.7. The molecular weight excluding hydrogens is 519 g/mol. The minimum atomic E-state index is -4.75. The van der Waals surface area contributed by atoms with Crippen molar-refractivity contribution in [3.63, 3.8) is 0 Å². The first-order valence-corrected chi connectivity index (χ1v) is 13.7. The number of urea groups is 1. The number of allylic oxidation sites excluding steroid dienone is 1. The van der Waals surface area contributed by atoms with Crippen LogP contribution in [-0.2, 0) is 25.9 Å². The van der Waals surface area contributed by atoms with Crippen molar-refractivity contribution >= 4 is 31.5 Å². The van der Waals surface area contributed by atoms with E-state index in [2.05, 4.69) is 0 Å². The molecule has 0 radical (unpaired) electrons. The van der Waals surface area contributed by atoms with Crippen LogP contribution in [0.2, 0.25) is 0 Å². The molecule has 0 aliphatic carbocycles. The van der Waals surface area contributed by atoms with E-state index in [1.165, 1.54) is 19.1 Å². The molecule has 0 unspecified atom stereocenters. The van der Waals surface area contributed by atoms with E-state index in [9.17, 15) is 41.1 Å². The molecule has 1 aliphatic rings. The molecule has 36 heavy (non-hydrogen) atoms. The molecule has 0 spiro atoms. The fourth-order valence-electron chi connectivity index (χ4n) is 3.84. The molecule has 0 bridgehead atoms. The number of nitrogens with one attached hydrogen (secondary N) is 1. The van der Waals surface area contributed by atoms with E-state index in [0.29, 0.717) is 21.5 Å². The number of hydrogen-bond acceptors (Lipinski definition) is 7. The Bertz CT molecular complexity index is 1600. The predicted octanol–water partition coefficient (Wildman–Crippen LogP) is 4.35. The first-order valence-electron chi connectivity index (χ1n) is 9.91. The summed E-state index contributed by atoms with van der Waals surface area (Å²) in [4.78, 5) is 14.0. The third-order valence-corrected chi connectivity index (χ3v) is 7.65. The van der Waals surface area contributed by atoms with E-state index in [-0.39, 0.29) is 33.0 Å². The standard InChI is InChI=1S/C22H18F3N5O4S2/c1-13-18(12-27)20(17-8-7-14(11-26)9-19(17)35(2,28)32)30(36(3,33)34)21(31)29(13)16-6-4-5-15(10-16)22(23,24)25/h4-10,20,28H,1-3H3/t20-,35-/m1/s1. The molecular formula is C22H18F3N5O4S2. The number of sulfonamides is 1. The van der Waals surface area contributed by atoms with Gasteiger partial charge in [-0.2, -0.15) is 23.7 Å². The molecule has 2 amide bonds. The van der Waals surface area contributed by atoms with Crippen LogP contribution in [0.3, 0.4) is 0 Å². The number of nitrogens with zero attached hydrogens (tertiary/aromatic N) is 4. The van der Waals surface area contributed by atoms with Crippen LogP contribution < -0.4 is 4.90 Å². The van der Waals surface area contributed by atoms with Crippen molar-refractivity contribution in [2.75, 3.05) is 17.4 Å². The first-order chi connectivity index (χ1) is 16.5. The number of amides is 2. The van der Waals surface area contributed by atoms with Gasteiger partial charge in [-0.05, 0) is 42.8 Å². The van der Waals surface area contributed by atoms with Crippen molar-refractivity contribution in [3.8, 4) is 12.1 Å². The van der Waals surface area contributed by atoms with Crippen LogP contribution in [0.25, 0.3) is 0 Å². The molecule has 0 saturated heterocycles. The monoisotopic (exact) mass is 537 g/mol. The maximum atomic E-state index is 13.6. The van der Waals surface area contributed by atoms with Gasteiger partial charge in [-0.3, -0.25) is 4.90 Å². The molecule has 3 rings (SSSR count). The fourth-order valence-corrected chi connectivity index (χ4v) is 5.79. The topological polar surface area (TPSA) is 146 Å². The highest BCUT2D eigenvalue weighted by molar-refractivity contribution is 7.91. The number of alkyl halides is 3. The quantitative estimate of drug-likeness (QED) is 0.613. The number of hydrogen-bond donors (Lipinski definition) is 1. The molecule has 1 N–H and O–H groups in total. The Morgan fingerprint density at radius 1 is 1.03 bits per heavy atom. The lowest BCUT2D eigenvalue weighted by Gasteiger charge is -2.40. The molecule has 1 aliphatic heterocycles. The molecule has 1 heterocycles. The largest absolute Gasteiger partial charge is 0.416 e. The first kappa shape index (κ1) is 26.7. The Morgan fingerprint density at radius 3 is 2.17 bits per heavy atom. The number of halogens is 3. The SMILES string of the molecule is CC1=C(C#N)[C@@H](c2ccc(C#N)cc2[S@](C)(=N)=O)N(S(C)(=O)=O)C(=O)N1c1cccc(C(F)(F)F)c1. The van der Waals surface area contributed by atoms with Gasteiger partial charge in [0, 0.05) is 12.0 Å². The van der Waals surface area contributed by atoms with Crippen LogP contribution in [-0.4, -0.2) is 35.5 Å². The predicted molar refractivity (Wildman–Crippen MR) is 123 cm³/mol. The van der Waals surface area contributed by atoms with Gasteiger partial charge in [0.05, 0.1) is 55.4 Å². The van der Waals surface area contributed by atoms with Crippen molar-refractivity contribution in [3.05, 3.63) is 70.4 Å². The summed E-state index contributed by atoms with van der Waals surface area (Å²) in [5.74, 6) is 0. The van der Waals surface area contributed by atoms with E-state index < -0.39 is 43.6 Å². The number of nitriles is 2. The van der Waals surface area contributed by atoms with Crippen molar-refractivity contribution < 1.29 is 30.6 Å². The number of rotatable bonds is 4. The van der Waals surface area contributed by atoms with Gasteiger partial charge in [-0.25, -0.2) is 26.5 Å². The molecule has 9 nitrogen and oxygen atoms in total. The fraction of sp³-hybridized carbons (Fsp3) is 0.227. The minimum absolute atomic E-state index is 0.00779. The van der Waals surface area contributed by atoms with E-state index in [1.807, 2.05) is 12.1 Å². The van der Waals surface area contributed by atoms with Crippen molar-refractivity contribution in [1.29, 1.82) is 15.3 Å². The minimum Gasteiger partial charge on any atom is -0.265 e. The molecule has 2 atom stereocenters. The van der Waals surface area contributed by atoms with Gasteiger partial charge >= 0.3 is 12.2 Å². The second-order valence-electron chi connectivity index (χ2n) is 7.95. The average molecular weight is 538 g/mol. The Labute approximate surface area is 205 Å². The summed E-state index contributed by atoms with van der Waals surface area (Å²) in [6, 6.07) is 7.85. The highest BCUT2D eigenvalue weighted by atomic mass is 32.2. The highest BCUT2D eigenvalue weighted by Gasteiger charge is 2.46. The van der Waals surface area contributed by atoms with Gasteiger partial charge in [-0.15, -0.1) is 0 Å². The molecule has 0 saturated carbocycles. The summed E-state index contributed by atoms with van der Waals surface area (Å²) >= 11 is 0. The van der Waals surface area contributed by atoms with Gasteiger partial charge in [0.15, 0.2) is 0 Å². The highest BCUT2D eigenvalue weighted by Crippen LogP contribution is 2.43. The Morgan fingerprint density at radius 2 is 1.67 bits per heavy atom. The zero-order valence-electron chi connectivity index (χ0n) is 19.0. The molecule has 188 valence electrons. The van der Waals surface area contributed by atoms with Gasteiger partial charge in [-0.1, -0.05) is 12.1 Å². The molecule has 0 fully saturated rings. The molecule has 14 heteroatoms. The van der Waals surface area contributed by atoms with Crippen LogP contribution in [0.15, 0.2) is 58.6 Å². The zero-order chi connectivity index (χ0) is 27.2. The van der Waals surface area contributed by atoms with E-state index >= 15 is 0 Å². The molecule has 2 aromatic carbocycles. The molecule has 0 aromatic heterocycles. The summed E-state index contributed by atoms with van der Waals surface area (Å²) in [7, 11) is -8.07. The van der Waals surface area contributed by atoms with Crippen molar-refractivity contribution in [2.45, 2.75) is 24.0 Å². The molecule has 2 aromatic rings.